The Morgan fingerprint density at radius 3 is 2.19 bits per heavy atom. The minimum absolute atomic E-state index is 0.0867. The first kappa shape index (κ1) is 27.8. The van der Waals surface area contributed by atoms with E-state index in [9.17, 15) is 0 Å². The number of likely N-dealkylation sites (N-methyl/N-ethyl adjacent to an activating group) is 1. The van der Waals surface area contributed by atoms with E-state index in [1.165, 1.54) is 5.56 Å². The Bertz CT molecular complexity index is 1130. The van der Waals surface area contributed by atoms with E-state index in [0.29, 0.717) is 29.1 Å². The van der Waals surface area contributed by atoms with Gasteiger partial charge in [0.25, 0.3) is 5.17 Å². The number of anilines is 2. The van der Waals surface area contributed by atoms with Crippen LogP contribution in [0.4, 0.5) is 11.4 Å². The Hall–Kier alpha value is -2.80. The van der Waals surface area contributed by atoms with E-state index >= 15 is 0 Å². The standard InChI is InChI=1S/C29H35ClN2O3S/c1-29(2,3)21-10-16-25(17-11-21)35-28(36)32(5)24-8-7-9-26(18-24)34-20-27(33-6)19-31(4)23-14-12-22(30)13-15-23/h7-18,27H,19-20H2,1-6H3. The number of ether oxygens (including phenoxy) is 3. The van der Waals surface area contributed by atoms with E-state index in [2.05, 4.69) is 37.8 Å². The third kappa shape index (κ3) is 7.85. The van der Waals surface area contributed by atoms with E-state index in [0.717, 1.165) is 17.1 Å². The quantitative estimate of drug-likeness (QED) is 0.280. The van der Waals surface area contributed by atoms with E-state index in [1.807, 2.05) is 79.7 Å². The predicted octanol–water partition coefficient (Wildman–Crippen LogP) is 6.97. The summed E-state index contributed by atoms with van der Waals surface area (Å²) in [6.45, 7) is 7.63. The number of methoxy groups -OCH3 is 1. The molecule has 0 N–H and O–H groups in total. The number of nitrogens with zero attached hydrogens (tertiary/aromatic N) is 2. The molecule has 0 aliphatic carbocycles. The van der Waals surface area contributed by atoms with Crippen LogP contribution in [-0.2, 0) is 10.2 Å². The molecule has 0 saturated carbocycles. The van der Waals surface area contributed by atoms with Crippen molar-refractivity contribution in [2.75, 3.05) is 44.2 Å². The van der Waals surface area contributed by atoms with Crippen molar-refractivity contribution in [3.63, 3.8) is 0 Å². The second-order valence-corrected chi connectivity index (χ2v) is 10.5. The van der Waals surface area contributed by atoms with Gasteiger partial charge < -0.3 is 24.0 Å². The molecular weight excluding hydrogens is 492 g/mol. The molecule has 1 atom stereocenters. The molecule has 0 fully saturated rings. The van der Waals surface area contributed by atoms with E-state index in [1.54, 1.807) is 7.11 Å². The van der Waals surface area contributed by atoms with E-state index < -0.39 is 0 Å². The Morgan fingerprint density at radius 1 is 0.917 bits per heavy atom. The first-order valence-electron chi connectivity index (χ1n) is 11.9. The van der Waals surface area contributed by atoms with Crippen molar-refractivity contribution in [3.8, 4) is 11.5 Å². The Labute approximate surface area is 225 Å². The van der Waals surface area contributed by atoms with Crippen molar-refractivity contribution in [3.05, 3.63) is 83.4 Å². The highest BCUT2D eigenvalue weighted by atomic mass is 35.5. The minimum atomic E-state index is -0.118. The zero-order valence-electron chi connectivity index (χ0n) is 21.8. The largest absolute Gasteiger partial charge is 0.491 e. The van der Waals surface area contributed by atoms with Crippen LogP contribution in [0, 0.1) is 0 Å². The van der Waals surface area contributed by atoms with Gasteiger partial charge in [0.2, 0.25) is 0 Å². The molecule has 0 heterocycles. The fourth-order valence-electron chi connectivity index (χ4n) is 3.57. The molecule has 0 aliphatic rings. The maximum Gasteiger partial charge on any atom is 0.269 e. The second kappa shape index (κ2) is 12.4. The predicted molar refractivity (Wildman–Crippen MR) is 154 cm³/mol. The van der Waals surface area contributed by atoms with Gasteiger partial charge >= 0.3 is 0 Å². The molecule has 0 radical (unpaired) electrons. The number of hydrogen-bond acceptors (Lipinski definition) is 5. The molecule has 0 aliphatic heterocycles. The maximum atomic E-state index is 6.07. The Morgan fingerprint density at radius 2 is 1.58 bits per heavy atom. The second-order valence-electron chi connectivity index (χ2n) is 9.72. The summed E-state index contributed by atoms with van der Waals surface area (Å²) >= 11 is 11.5. The van der Waals surface area contributed by atoms with Gasteiger partial charge in [-0.1, -0.05) is 50.6 Å². The van der Waals surface area contributed by atoms with Crippen LogP contribution in [0.2, 0.25) is 5.02 Å². The Balaban J connectivity index is 1.57. The third-order valence-corrected chi connectivity index (χ3v) is 6.53. The summed E-state index contributed by atoms with van der Waals surface area (Å²) in [6, 6.07) is 23.5. The van der Waals surface area contributed by atoms with Crippen molar-refractivity contribution in [2.45, 2.75) is 32.3 Å². The summed E-state index contributed by atoms with van der Waals surface area (Å²) in [5.41, 5.74) is 3.26. The summed E-state index contributed by atoms with van der Waals surface area (Å²) in [6.07, 6.45) is -0.118. The fraction of sp³-hybridized carbons (Fsp3) is 0.345. The number of halogens is 1. The zero-order chi connectivity index (χ0) is 26.3. The van der Waals surface area contributed by atoms with Gasteiger partial charge in [-0.2, -0.15) is 0 Å². The molecule has 0 aromatic heterocycles. The van der Waals surface area contributed by atoms with Crippen molar-refractivity contribution >= 4 is 40.4 Å². The molecule has 36 heavy (non-hydrogen) atoms. The lowest BCUT2D eigenvalue weighted by molar-refractivity contribution is 0.0636. The summed E-state index contributed by atoms with van der Waals surface area (Å²) < 4.78 is 17.7. The number of rotatable bonds is 9. The van der Waals surface area contributed by atoms with Crippen LogP contribution in [0.25, 0.3) is 0 Å². The van der Waals surface area contributed by atoms with Gasteiger partial charge in [0, 0.05) is 50.2 Å². The first-order chi connectivity index (χ1) is 17.1. The highest BCUT2D eigenvalue weighted by molar-refractivity contribution is 7.80. The molecule has 192 valence electrons. The van der Waals surface area contributed by atoms with Crippen LogP contribution in [0.5, 0.6) is 11.5 Å². The molecule has 5 nitrogen and oxygen atoms in total. The average molecular weight is 527 g/mol. The third-order valence-electron chi connectivity index (χ3n) is 5.92. The Kier molecular flexibility index (Phi) is 9.60. The normalized spacial score (nSPS) is 12.1. The van der Waals surface area contributed by atoms with Gasteiger partial charge in [-0.05, 0) is 71.7 Å². The number of benzene rings is 3. The molecule has 7 heteroatoms. The highest BCUT2D eigenvalue weighted by Crippen LogP contribution is 2.26. The van der Waals surface area contributed by atoms with Crippen molar-refractivity contribution in [1.29, 1.82) is 0 Å². The summed E-state index contributed by atoms with van der Waals surface area (Å²) in [7, 11) is 5.59. The average Bonchev–Trinajstić information content (AvgIpc) is 2.86. The van der Waals surface area contributed by atoms with Gasteiger partial charge in [-0.3, -0.25) is 0 Å². The van der Waals surface area contributed by atoms with Crippen LogP contribution in [0.3, 0.4) is 0 Å². The lowest BCUT2D eigenvalue weighted by Gasteiger charge is -2.25. The topological polar surface area (TPSA) is 34.2 Å². The van der Waals surface area contributed by atoms with E-state index in [4.69, 9.17) is 38.0 Å². The molecule has 0 spiro atoms. The van der Waals surface area contributed by atoms with Crippen LogP contribution >= 0.6 is 23.8 Å². The molecule has 3 rings (SSSR count). The van der Waals surface area contributed by atoms with Gasteiger partial charge in [0.15, 0.2) is 0 Å². The minimum Gasteiger partial charge on any atom is -0.491 e. The smallest absolute Gasteiger partial charge is 0.269 e. The van der Waals surface area contributed by atoms with Crippen LogP contribution in [-0.4, -0.2) is 45.6 Å². The molecule has 0 amide bonds. The van der Waals surface area contributed by atoms with Crippen molar-refractivity contribution in [1.82, 2.24) is 0 Å². The molecular formula is C29H35ClN2O3S. The van der Waals surface area contributed by atoms with E-state index in [-0.39, 0.29) is 11.5 Å². The van der Waals surface area contributed by atoms with Gasteiger partial charge in [-0.15, -0.1) is 0 Å². The first-order valence-corrected chi connectivity index (χ1v) is 12.6. The monoisotopic (exact) mass is 526 g/mol. The van der Waals surface area contributed by atoms with Gasteiger partial charge in [-0.25, -0.2) is 0 Å². The molecule has 3 aromatic carbocycles. The van der Waals surface area contributed by atoms with Crippen LogP contribution < -0.4 is 19.3 Å². The SMILES string of the molecule is COC(COc1cccc(N(C)C(=S)Oc2ccc(C(C)(C)C)cc2)c1)CN(C)c1ccc(Cl)cc1. The van der Waals surface area contributed by atoms with Crippen molar-refractivity contribution < 1.29 is 14.2 Å². The van der Waals surface area contributed by atoms with Gasteiger partial charge in [0.05, 0.1) is 0 Å². The molecule has 3 aromatic rings. The lowest BCUT2D eigenvalue weighted by Crippen LogP contribution is -2.34. The summed E-state index contributed by atoms with van der Waals surface area (Å²) in [5.74, 6) is 1.44. The maximum absolute atomic E-state index is 6.07. The highest BCUT2D eigenvalue weighted by Gasteiger charge is 2.16. The zero-order valence-corrected chi connectivity index (χ0v) is 23.4. The summed E-state index contributed by atoms with van der Waals surface area (Å²) in [5, 5.41) is 1.07. The van der Waals surface area contributed by atoms with Crippen LogP contribution in [0.1, 0.15) is 26.3 Å². The fourth-order valence-corrected chi connectivity index (χ4v) is 3.90. The van der Waals surface area contributed by atoms with Gasteiger partial charge in [0.1, 0.15) is 24.2 Å². The van der Waals surface area contributed by atoms with Crippen LogP contribution in [0.15, 0.2) is 72.8 Å². The summed E-state index contributed by atoms with van der Waals surface area (Å²) in [4.78, 5) is 3.93. The van der Waals surface area contributed by atoms with Crippen molar-refractivity contribution in [2.24, 2.45) is 0 Å². The number of thiocarbonyl (C=S) groups is 1. The molecule has 1 unspecified atom stereocenters. The number of hydrogen-bond donors (Lipinski definition) is 0. The molecule has 0 saturated heterocycles. The lowest BCUT2D eigenvalue weighted by atomic mass is 9.87. The molecule has 0 bridgehead atoms.